The second-order valence-corrected chi connectivity index (χ2v) is 8.23. The van der Waals surface area contributed by atoms with Crippen LogP contribution in [0.1, 0.15) is 46.2 Å². The van der Waals surface area contributed by atoms with E-state index in [1.54, 1.807) is 0 Å². The van der Waals surface area contributed by atoms with E-state index in [9.17, 15) is 4.79 Å². The first-order valence-electron chi connectivity index (χ1n) is 11.2. The second-order valence-electron chi connectivity index (χ2n) is 8.23. The Labute approximate surface area is 194 Å². The van der Waals surface area contributed by atoms with E-state index in [1.165, 1.54) is 0 Å². The first-order valence-corrected chi connectivity index (χ1v) is 11.2. The molecule has 0 saturated carbocycles. The van der Waals surface area contributed by atoms with Gasteiger partial charge in [-0.1, -0.05) is 78.9 Å². The van der Waals surface area contributed by atoms with Gasteiger partial charge in [0.25, 0.3) is 5.91 Å². The van der Waals surface area contributed by atoms with Gasteiger partial charge in [-0.2, -0.15) is 0 Å². The van der Waals surface area contributed by atoms with Crippen molar-refractivity contribution in [1.29, 1.82) is 0 Å². The average molecular weight is 435 g/mol. The maximum Gasteiger partial charge on any atom is 0.256 e. The molecule has 4 aromatic rings. The highest BCUT2D eigenvalue weighted by molar-refractivity contribution is 5.99. The largest absolute Gasteiger partial charge is 0.489 e. The van der Waals surface area contributed by atoms with Gasteiger partial charge >= 0.3 is 0 Å². The minimum absolute atomic E-state index is 0.0438. The lowest BCUT2D eigenvalue weighted by molar-refractivity contribution is 0.0667. The average Bonchev–Trinajstić information content (AvgIpc) is 3.15. The molecule has 4 nitrogen and oxygen atoms in total. The minimum Gasteiger partial charge on any atom is -0.489 e. The number of hydrogen-bond donors (Lipinski definition) is 1. The third-order valence-corrected chi connectivity index (χ3v) is 6.10. The number of fused-ring (bicyclic) bond motifs is 1. The molecule has 33 heavy (non-hydrogen) atoms. The van der Waals surface area contributed by atoms with E-state index in [-0.39, 0.29) is 18.1 Å². The Morgan fingerprint density at radius 3 is 2.18 bits per heavy atom. The van der Waals surface area contributed by atoms with Crippen molar-refractivity contribution in [3.05, 3.63) is 131 Å². The van der Waals surface area contributed by atoms with Crippen LogP contribution in [0.5, 0.6) is 5.75 Å². The molecule has 0 aliphatic carbocycles. The predicted molar refractivity (Wildman–Crippen MR) is 131 cm³/mol. The molecule has 2 atom stereocenters. The van der Waals surface area contributed by atoms with Gasteiger partial charge in [0.05, 0.1) is 6.04 Å². The molecule has 0 spiro atoms. The van der Waals surface area contributed by atoms with Crippen LogP contribution in [0.4, 0.5) is 5.69 Å². The molecule has 4 heteroatoms. The van der Waals surface area contributed by atoms with Crippen LogP contribution in [-0.2, 0) is 6.61 Å². The van der Waals surface area contributed by atoms with Crippen molar-refractivity contribution in [2.24, 2.45) is 0 Å². The van der Waals surface area contributed by atoms with Crippen LogP contribution in [0.25, 0.3) is 0 Å². The second kappa shape index (κ2) is 9.21. The summed E-state index contributed by atoms with van der Waals surface area (Å²) >= 11 is 0. The standard InChI is InChI=1S/C29H26N2O2/c1-21(23-12-6-3-7-13-23)31-28(26-14-8-9-15-27(26)29(31)32)30-24-16-18-25(19-17-24)33-20-22-10-4-2-5-11-22/h2-19,21,28,30H,20H2,1H3/t21-,28+/m0/s1. The van der Waals surface area contributed by atoms with Gasteiger partial charge in [-0.15, -0.1) is 0 Å². The number of nitrogens with zero attached hydrogens (tertiary/aromatic N) is 1. The number of nitrogens with one attached hydrogen (secondary N) is 1. The molecule has 164 valence electrons. The van der Waals surface area contributed by atoms with Gasteiger partial charge in [0.15, 0.2) is 0 Å². The first-order chi connectivity index (χ1) is 16.2. The molecule has 1 heterocycles. The van der Waals surface area contributed by atoms with E-state index in [2.05, 4.69) is 24.4 Å². The van der Waals surface area contributed by atoms with Crippen molar-refractivity contribution in [2.45, 2.75) is 25.7 Å². The van der Waals surface area contributed by atoms with Crippen LogP contribution in [-0.4, -0.2) is 10.8 Å². The third-order valence-electron chi connectivity index (χ3n) is 6.10. The number of amides is 1. The molecule has 0 bridgehead atoms. The number of anilines is 1. The van der Waals surface area contributed by atoms with Crippen LogP contribution in [0.3, 0.4) is 0 Å². The smallest absolute Gasteiger partial charge is 0.256 e. The van der Waals surface area contributed by atoms with Crippen molar-refractivity contribution in [3.8, 4) is 5.75 Å². The van der Waals surface area contributed by atoms with E-state index in [1.807, 2.05) is 102 Å². The van der Waals surface area contributed by atoms with Crippen molar-refractivity contribution in [3.63, 3.8) is 0 Å². The Morgan fingerprint density at radius 1 is 0.818 bits per heavy atom. The summed E-state index contributed by atoms with van der Waals surface area (Å²) in [6, 6.07) is 35.9. The predicted octanol–water partition coefficient (Wildman–Crippen LogP) is 6.59. The molecule has 0 fully saturated rings. The van der Waals surface area contributed by atoms with Gasteiger partial charge in [-0.3, -0.25) is 4.79 Å². The van der Waals surface area contributed by atoms with Gasteiger partial charge in [0.1, 0.15) is 18.5 Å². The zero-order valence-electron chi connectivity index (χ0n) is 18.5. The highest BCUT2D eigenvalue weighted by atomic mass is 16.5. The molecule has 1 amide bonds. The molecule has 1 aliphatic rings. The van der Waals surface area contributed by atoms with Crippen molar-refractivity contribution < 1.29 is 9.53 Å². The van der Waals surface area contributed by atoms with Gasteiger partial charge < -0.3 is 15.0 Å². The summed E-state index contributed by atoms with van der Waals surface area (Å²) in [6.07, 6.45) is -0.250. The molecule has 5 rings (SSSR count). The van der Waals surface area contributed by atoms with Gasteiger partial charge in [0, 0.05) is 16.8 Å². The zero-order chi connectivity index (χ0) is 22.6. The summed E-state index contributed by atoms with van der Waals surface area (Å²) in [7, 11) is 0. The summed E-state index contributed by atoms with van der Waals surface area (Å²) in [5.74, 6) is 0.851. The van der Waals surface area contributed by atoms with Crippen molar-refractivity contribution in [2.75, 3.05) is 5.32 Å². The first kappa shape index (κ1) is 20.8. The Balaban J connectivity index is 1.36. The fourth-order valence-corrected chi connectivity index (χ4v) is 4.32. The Kier molecular flexibility index (Phi) is 5.81. The molecule has 0 saturated heterocycles. The van der Waals surface area contributed by atoms with E-state index in [4.69, 9.17) is 4.74 Å². The van der Waals surface area contributed by atoms with Gasteiger partial charge in [0.2, 0.25) is 0 Å². The van der Waals surface area contributed by atoms with Gasteiger partial charge in [-0.05, 0) is 48.4 Å². The number of carbonyl (C=O) groups is 1. The zero-order valence-corrected chi connectivity index (χ0v) is 18.5. The van der Waals surface area contributed by atoms with E-state index < -0.39 is 0 Å². The third kappa shape index (κ3) is 4.33. The van der Waals surface area contributed by atoms with Gasteiger partial charge in [-0.25, -0.2) is 0 Å². The lowest BCUT2D eigenvalue weighted by atomic mass is 10.1. The number of benzene rings is 4. The summed E-state index contributed by atoms with van der Waals surface area (Å²) < 4.78 is 5.92. The molecule has 4 aromatic carbocycles. The Morgan fingerprint density at radius 2 is 1.45 bits per heavy atom. The fourth-order valence-electron chi connectivity index (χ4n) is 4.32. The Hall–Kier alpha value is -4.05. The normalized spacial score (nSPS) is 15.7. The quantitative estimate of drug-likeness (QED) is 0.357. The summed E-state index contributed by atoms with van der Waals surface area (Å²) in [5, 5.41) is 3.58. The molecular weight excluding hydrogens is 408 g/mol. The fraction of sp³-hybridized carbons (Fsp3) is 0.138. The van der Waals surface area contributed by atoms with Crippen LogP contribution in [0.2, 0.25) is 0 Å². The summed E-state index contributed by atoms with van der Waals surface area (Å²) in [6.45, 7) is 2.61. The topological polar surface area (TPSA) is 41.6 Å². The molecule has 1 aliphatic heterocycles. The highest BCUT2D eigenvalue weighted by Crippen LogP contribution is 2.40. The van der Waals surface area contributed by atoms with Crippen LogP contribution >= 0.6 is 0 Å². The van der Waals surface area contributed by atoms with E-state index in [0.29, 0.717) is 6.61 Å². The molecule has 1 N–H and O–H groups in total. The monoisotopic (exact) mass is 434 g/mol. The molecule has 0 radical (unpaired) electrons. The van der Waals surface area contributed by atoms with E-state index >= 15 is 0 Å². The number of carbonyl (C=O) groups excluding carboxylic acids is 1. The highest BCUT2D eigenvalue weighted by Gasteiger charge is 2.39. The van der Waals surface area contributed by atoms with E-state index in [0.717, 1.165) is 33.7 Å². The molecule has 0 unspecified atom stereocenters. The Bertz CT molecular complexity index is 1220. The van der Waals surface area contributed by atoms with Crippen molar-refractivity contribution >= 4 is 11.6 Å². The maximum absolute atomic E-state index is 13.4. The maximum atomic E-state index is 13.4. The summed E-state index contributed by atoms with van der Waals surface area (Å²) in [5.41, 5.74) is 4.92. The van der Waals surface area contributed by atoms with Crippen LogP contribution in [0.15, 0.2) is 109 Å². The number of ether oxygens (including phenoxy) is 1. The van der Waals surface area contributed by atoms with Crippen LogP contribution < -0.4 is 10.1 Å². The lowest BCUT2D eigenvalue weighted by Gasteiger charge is -2.32. The SMILES string of the molecule is C[C@@H](c1ccccc1)N1C(=O)c2ccccc2[C@@H]1Nc1ccc(OCc2ccccc2)cc1. The minimum atomic E-state index is -0.250. The van der Waals surface area contributed by atoms with Crippen molar-refractivity contribution in [1.82, 2.24) is 4.90 Å². The molecular formula is C29H26N2O2. The van der Waals surface area contributed by atoms with Crippen LogP contribution in [0, 0.1) is 0 Å². The number of rotatable bonds is 7. The summed E-state index contributed by atoms with van der Waals surface area (Å²) in [4.78, 5) is 15.3. The molecule has 0 aromatic heterocycles. The number of hydrogen-bond acceptors (Lipinski definition) is 3. The lowest BCUT2D eigenvalue weighted by Crippen LogP contribution is -2.34.